The van der Waals surface area contributed by atoms with E-state index < -0.39 is 24.7 Å². The summed E-state index contributed by atoms with van der Waals surface area (Å²) in [6.07, 6.45) is 3.89. The van der Waals surface area contributed by atoms with Crippen molar-refractivity contribution in [1.82, 2.24) is 10.6 Å². The highest BCUT2D eigenvalue weighted by molar-refractivity contribution is 5.83. The molecule has 0 radical (unpaired) electrons. The molecule has 2 aromatic carbocycles. The maximum Gasteiger partial charge on any atom is 0.407 e. The second-order valence-corrected chi connectivity index (χ2v) is 8.41. The van der Waals surface area contributed by atoms with Crippen LogP contribution in [0.1, 0.15) is 55.6 Å². The van der Waals surface area contributed by atoms with Crippen molar-refractivity contribution in [3.63, 3.8) is 0 Å². The first kappa shape index (κ1) is 25.2. The van der Waals surface area contributed by atoms with Crippen LogP contribution in [-0.2, 0) is 14.3 Å². The summed E-state index contributed by atoms with van der Waals surface area (Å²) in [5.74, 6) is -1.59. The van der Waals surface area contributed by atoms with Crippen LogP contribution in [0.2, 0.25) is 0 Å². The molecule has 0 spiro atoms. The fraction of sp³-hybridized carbons (Fsp3) is 0.423. The Morgan fingerprint density at radius 3 is 2.09 bits per heavy atom. The number of carboxylic acid groups (broad SMARTS) is 1. The zero-order chi connectivity index (χ0) is 24.3. The fourth-order valence-corrected chi connectivity index (χ4v) is 4.23. The summed E-state index contributed by atoms with van der Waals surface area (Å²) in [7, 11) is 0. The second kappa shape index (κ2) is 12.7. The van der Waals surface area contributed by atoms with Crippen molar-refractivity contribution in [2.75, 3.05) is 19.8 Å². The largest absolute Gasteiger partial charge is 0.480 e. The lowest BCUT2D eigenvalue weighted by atomic mass is 9.98. The number of carbonyl (C=O) groups excluding carboxylic acids is 2. The van der Waals surface area contributed by atoms with Gasteiger partial charge in [-0.3, -0.25) is 4.79 Å². The summed E-state index contributed by atoms with van der Waals surface area (Å²) in [5.41, 5.74) is 4.75. The van der Waals surface area contributed by atoms with Gasteiger partial charge in [0.05, 0.1) is 6.61 Å². The molecule has 0 aromatic heterocycles. The van der Waals surface area contributed by atoms with Gasteiger partial charge in [-0.1, -0.05) is 67.8 Å². The van der Waals surface area contributed by atoms with E-state index in [1.54, 1.807) is 0 Å². The molecule has 1 aliphatic carbocycles. The molecule has 0 saturated heterocycles. The minimum atomic E-state index is -1.25. The van der Waals surface area contributed by atoms with Gasteiger partial charge >= 0.3 is 12.1 Å². The van der Waals surface area contributed by atoms with Crippen LogP contribution in [0.3, 0.4) is 0 Å². The third kappa shape index (κ3) is 6.81. The highest BCUT2D eigenvalue weighted by Gasteiger charge is 2.28. The van der Waals surface area contributed by atoms with Crippen LogP contribution in [0.15, 0.2) is 48.5 Å². The van der Waals surface area contributed by atoms with Gasteiger partial charge in [0.25, 0.3) is 0 Å². The zero-order valence-electron chi connectivity index (χ0n) is 19.2. The Balaban J connectivity index is 1.27. The van der Waals surface area contributed by atoms with Gasteiger partial charge in [0, 0.05) is 18.9 Å². The van der Waals surface area contributed by atoms with Gasteiger partial charge in [-0.2, -0.15) is 0 Å². The molecule has 0 fully saturated rings. The molecular formula is C26H32N2O6. The molecule has 1 atom stereocenters. The third-order valence-electron chi connectivity index (χ3n) is 6.01. The molecule has 4 N–H and O–H groups in total. The van der Waals surface area contributed by atoms with E-state index in [0.29, 0.717) is 19.6 Å². The van der Waals surface area contributed by atoms with Crippen molar-refractivity contribution in [3.8, 4) is 11.1 Å². The smallest absolute Gasteiger partial charge is 0.407 e. The second-order valence-electron chi connectivity index (χ2n) is 8.41. The maximum absolute atomic E-state index is 12.2. The molecule has 0 heterocycles. The summed E-state index contributed by atoms with van der Waals surface area (Å²) in [4.78, 5) is 34.6. The van der Waals surface area contributed by atoms with Crippen LogP contribution in [0.25, 0.3) is 11.1 Å². The van der Waals surface area contributed by atoms with E-state index in [4.69, 9.17) is 14.9 Å². The number of amides is 2. The number of carbonyl (C=O) groups is 3. The van der Waals surface area contributed by atoms with Crippen molar-refractivity contribution < 1.29 is 29.3 Å². The molecule has 0 unspecified atom stereocenters. The number of carboxylic acids is 1. The number of hydrogen-bond acceptors (Lipinski definition) is 5. The summed E-state index contributed by atoms with van der Waals surface area (Å²) in [6.45, 7) is 0.187. The van der Waals surface area contributed by atoms with E-state index in [1.807, 2.05) is 24.3 Å². The van der Waals surface area contributed by atoms with Crippen LogP contribution in [0.4, 0.5) is 4.79 Å². The molecule has 8 heteroatoms. The number of nitrogens with one attached hydrogen (secondary N) is 2. The van der Waals surface area contributed by atoms with Gasteiger partial charge in [0.2, 0.25) is 5.91 Å². The van der Waals surface area contributed by atoms with E-state index in [1.165, 1.54) is 22.3 Å². The molecule has 0 aliphatic heterocycles. The number of ether oxygens (including phenoxy) is 1. The number of aliphatic hydroxyl groups excluding tert-OH is 1. The molecule has 182 valence electrons. The zero-order valence-corrected chi connectivity index (χ0v) is 19.2. The van der Waals surface area contributed by atoms with E-state index >= 15 is 0 Å². The molecule has 2 aromatic rings. The average Bonchev–Trinajstić information content (AvgIpc) is 3.16. The maximum atomic E-state index is 12.2. The number of alkyl carbamates (subject to hydrolysis) is 1. The number of unbranched alkanes of at least 4 members (excludes halogenated alkanes) is 4. The SMILES string of the molecule is O=C(CCCCCCCNC(=O)OCC1c2ccccc2-c2ccccc21)N[C@@H](CO)C(=O)O. The van der Waals surface area contributed by atoms with Crippen molar-refractivity contribution in [2.24, 2.45) is 0 Å². The Morgan fingerprint density at radius 1 is 0.882 bits per heavy atom. The first-order valence-corrected chi connectivity index (χ1v) is 11.7. The average molecular weight is 469 g/mol. The fourth-order valence-electron chi connectivity index (χ4n) is 4.23. The van der Waals surface area contributed by atoms with Crippen molar-refractivity contribution >= 4 is 18.0 Å². The lowest BCUT2D eigenvalue weighted by Gasteiger charge is -2.14. The molecule has 1 aliphatic rings. The van der Waals surface area contributed by atoms with Crippen molar-refractivity contribution in [2.45, 2.75) is 50.5 Å². The molecule has 0 saturated carbocycles. The Bertz CT molecular complexity index is 947. The quantitative estimate of drug-likeness (QED) is 0.334. The summed E-state index contributed by atoms with van der Waals surface area (Å²) in [6, 6.07) is 15.2. The van der Waals surface area contributed by atoms with Gasteiger partial charge < -0.3 is 25.6 Å². The van der Waals surface area contributed by atoms with Gasteiger partial charge in [-0.25, -0.2) is 9.59 Å². The molecule has 34 heavy (non-hydrogen) atoms. The van der Waals surface area contributed by atoms with E-state index in [9.17, 15) is 14.4 Å². The topological polar surface area (TPSA) is 125 Å². The Labute approximate surface area is 199 Å². The van der Waals surface area contributed by atoms with Gasteiger partial charge in [-0.05, 0) is 35.1 Å². The highest BCUT2D eigenvalue weighted by atomic mass is 16.5. The van der Waals surface area contributed by atoms with Crippen LogP contribution in [0, 0.1) is 0 Å². The van der Waals surface area contributed by atoms with E-state index in [-0.39, 0.29) is 18.2 Å². The first-order valence-electron chi connectivity index (χ1n) is 11.7. The number of benzene rings is 2. The molecular weight excluding hydrogens is 436 g/mol. The van der Waals surface area contributed by atoms with Crippen LogP contribution in [0.5, 0.6) is 0 Å². The number of hydrogen-bond donors (Lipinski definition) is 4. The third-order valence-corrected chi connectivity index (χ3v) is 6.01. The molecule has 0 bridgehead atoms. The van der Waals surface area contributed by atoms with Crippen LogP contribution >= 0.6 is 0 Å². The Hall–Kier alpha value is -3.39. The van der Waals surface area contributed by atoms with Gasteiger partial charge in [0.15, 0.2) is 0 Å². The molecule has 2 amide bonds. The Kier molecular flexibility index (Phi) is 9.46. The number of aliphatic hydroxyl groups is 1. The Morgan fingerprint density at radius 2 is 1.47 bits per heavy atom. The highest BCUT2D eigenvalue weighted by Crippen LogP contribution is 2.44. The summed E-state index contributed by atoms with van der Waals surface area (Å²) in [5, 5.41) is 22.8. The van der Waals surface area contributed by atoms with Crippen LogP contribution in [-0.4, -0.2) is 54.0 Å². The minimum Gasteiger partial charge on any atom is -0.480 e. The van der Waals surface area contributed by atoms with E-state index in [2.05, 4.69) is 34.9 Å². The van der Waals surface area contributed by atoms with Gasteiger partial charge in [0.1, 0.15) is 12.6 Å². The lowest BCUT2D eigenvalue weighted by Crippen LogP contribution is -2.43. The normalized spacial score (nSPS) is 13.0. The predicted molar refractivity (Wildman–Crippen MR) is 127 cm³/mol. The number of aliphatic carboxylic acids is 1. The standard InChI is InChI=1S/C26H32N2O6/c29-16-23(25(31)32)28-24(30)14-4-2-1-3-9-15-27-26(33)34-17-22-20-12-7-5-10-18(20)19-11-6-8-13-21(19)22/h5-8,10-13,22-23,29H,1-4,9,14-17H2,(H,27,33)(H,28,30)(H,31,32)/t23-/m0/s1. The number of rotatable bonds is 13. The van der Waals surface area contributed by atoms with Gasteiger partial charge in [-0.15, -0.1) is 0 Å². The number of fused-ring (bicyclic) bond motifs is 3. The summed E-state index contributed by atoms with van der Waals surface area (Å²) < 4.78 is 5.51. The molecule has 8 nitrogen and oxygen atoms in total. The van der Waals surface area contributed by atoms with E-state index in [0.717, 1.165) is 25.7 Å². The monoisotopic (exact) mass is 468 g/mol. The lowest BCUT2D eigenvalue weighted by molar-refractivity contribution is -0.142. The first-order chi connectivity index (χ1) is 16.5. The van der Waals surface area contributed by atoms with Crippen molar-refractivity contribution in [1.29, 1.82) is 0 Å². The van der Waals surface area contributed by atoms with Crippen LogP contribution < -0.4 is 10.6 Å². The van der Waals surface area contributed by atoms with Crippen molar-refractivity contribution in [3.05, 3.63) is 59.7 Å². The molecule has 3 rings (SSSR count). The minimum absolute atomic E-state index is 0.0403. The predicted octanol–water partition coefficient (Wildman–Crippen LogP) is 3.43. The summed E-state index contributed by atoms with van der Waals surface area (Å²) >= 11 is 0.